The third-order valence-corrected chi connectivity index (χ3v) is 6.05. The third kappa shape index (κ3) is 7.01. The van der Waals surface area contributed by atoms with Crippen molar-refractivity contribution in [1.82, 2.24) is 10.2 Å². The first-order valence-corrected chi connectivity index (χ1v) is 11.8. The van der Waals surface area contributed by atoms with Crippen molar-refractivity contribution in [3.63, 3.8) is 0 Å². The topological polar surface area (TPSA) is 49.4 Å². The van der Waals surface area contributed by atoms with Crippen LogP contribution in [0.4, 0.5) is 4.39 Å². The van der Waals surface area contributed by atoms with Gasteiger partial charge in [-0.25, -0.2) is 4.39 Å². The Morgan fingerprint density at radius 1 is 0.912 bits per heavy atom. The number of rotatable bonds is 10. The highest BCUT2D eigenvalue weighted by molar-refractivity contribution is 5.89. The average Bonchev–Trinajstić information content (AvgIpc) is 2.84. The van der Waals surface area contributed by atoms with Crippen molar-refractivity contribution in [2.45, 2.75) is 58.7 Å². The van der Waals surface area contributed by atoms with Crippen LogP contribution in [0.2, 0.25) is 0 Å². The van der Waals surface area contributed by atoms with Gasteiger partial charge in [0.25, 0.3) is 0 Å². The van der Waals surface area contributed by atoms with Crippen LogP contribution in [0.15, 0.2) is 78.9 Å². The second-order valence-corrected chi connectivity index (χ2v) is 8.80. The smallest absolute Gasteiger partial charge is 0.243 e. The molecule has 3 aromatic carbocycles. The molecular formula is C29H33FN2O2. The van der Waals surface area contributed by atoms with Crippen LogP contribution in [0.3, 0.4) is 0 Å². The fraction of sp³-hybridized carbons (Fsp3) is 0.310. The predicted octanol–water partition coefficient (Wildman–Crippen LogP) is 5.23. The lowest BCUT2D eigenvalue weighted by Crippen LogP contribution is -2.52. The largest absolute Gasteiger partial charge is 0.352 e. The second kappa shape index (κ2) is 12.1. The van der Waals surface area contributed by atoms with Crippen molar-refractivity contribution in [2.75, 3.05) is 0 Å². The van der Waals surface area contributed by atoms with Crippen molar-refractivity contribution in [3.8, 4) is 0 Å². The van der Waals surface area contributed by atoms with E-state index in [-0.39, 0.29) is 30.8 Å². The molecule has 0 spiro atoms. The lowest BCUT2D eigenvalue weighted by atomic mass is 10.0. The van der Waals surface area contributed by atoms with Crippen molar-refractivity contribution >= 4 is 11.8 Å². The van der Waals surface area contributed by atoms with E-state index in [2.05, 4.69) is 5.32 Å². The fourth-order valence-corrected chi connectivity index (χ4v) is 3.79. The maximum atomic E-state index is 14.6. The maximum absolute atomic E-state index is 14.6. The van der Waals surface area contributed by atoms with E-state index in [0.717, 1.165) is 23.1 Å². The van der Waals surface area contributed by atoms with Crippen LogP contribution >= 0.6 is 0 Å². The maximum Gasteiger partial charge on any atom is 0.243 e. The van der Waals surface area contributed by atoms with Gasteiger partial charge in [0.05, 0.1) is 6.42 Å². The Labute approximate surface area is 201 Å². The van der Waals surface area contributed by atoms with Gasteiger partial charge in [-0.15, -0.1) is 0 Å². The summed E-state index contributed by atoms with van der Waals surface area (Å²) in [6, 6.07) is 23.0. The Hall–Kier alpha value is -3.47. The van der Waals surface area contributed by atoms with E-state index in [4.69, 9.17) is 0 Å². The number of nitrogens with one attached hydrogen (secondary N) is 1. The van der Waals surface area contributed by atoms with Crippen LogP contribution in [0.25, 0.3) is 0 Å². The number of aryl methyl sites for hydroxylation is 1. The minimum atomic E-state index is -0.769. The van der Waals surface area contributed by atoms with E-state index < -0.39 is 11.9 Å². The molecule has 3 rings (SSSR count). The molecule has 0 aliphatic heterocycles. The van der Waals surface area contributed by atoms with Crippen LogP contribution in [0.5, 0.6) is 0 Å². The van der Waals surface area contributed by atoms with Crippen LogP contribution in [0, 0.1) is 12.7 Å². The normalized spacial score (nSPS) is 12.6. The number of benzene rings is 3. The van der Waals surface area contributed by atoms with Gasteiger partial charge in [-0.05, 0) is 37.5 Å². The number of hydrogen-bond acceptors (Lipinski definition) is 2. The summed E-state index contributed by atoms with van der Waals surface area (Å²) in [5, 5.41) is 3.03. The molecule has 0 aromatic heterocycles. The molecule has 4 nitrogen and oxygen atoms in total. The van der Waals surface area contributed by atoms with Crippen molar-refractivity contribution < 1.29 is 14.0 Å². The Morgan fingerprint density at radius 2 is 1.56 bits per heavy atom. The van der Waals surface area contributed by atoms with E-state index in [1.54, 1.807) is 18.2 Å². The number of carbonyl (C=O) groups is 2. The molecule has 5 heteroatoms. The second-order valence-electron chi connectivity index (χ2n) is 8.80. The standard InChI is InChI=1S/C29H33FN2O2/c1-4-22(3)31-29(34)27(18-23-10-6-5-7-11-23)32(20-25-12-8-9-13-26(25)30)28(33)19-24-16-14-21(2)15-17-24/h5-17,22,27H,4,18-20H2,1-3H3,(H,31,34)/t22-,27-/m0/s1. The number of carbonyl (C=O) groups excluding carboxylic acids is 2. The SMILES string of the molecule is CC[C@H](C)NC(=O)[C@H](Cc1ccccc1)N(Cc1ccccc1F)C(=O)Cc1ccc(C)cc1. The summed E-state index contributed by atoms with van der Waals surface area (Å²) >= 11 is 0. The molecule has 0 unspecified atom stereocenters. The summed E-state index contributed by atoms with van der Waals surface area (Å²) in [6.45, 7) is 5.94. The van der Waals surface area contributed by atoms with Gasteiger partial charge in [-0.1, -0.05) is 85.3 Å². The van der Waals surface area contributed by atoms with E-state index >= 15 is 0 Å². The Morgan fingerprint density at radius 3 is 2.21 bits per heavy atom. The lowest BCUT2D eigenvalue weighted by molar-refractivity contribution is -0.141. The Bertz CT molecular complexity index is 1080. The Balaban J connectivity index is 1.97. The van der Waals surface area contributed by atoms with Gasteiger partial charge in [0.2, 0.25) is 11.8 Å². The van der Waals surface area contributed by atoms with Crippen LogP contribution in [0.1, 0.15) is 42.5 Å². The van der Waals surface area contributed by atoms with Crippen molar-refractivity contribution in [3.05, 3.63) is 107 Å². The van der Waals surface area contributed by atoms with Gasteiger partial charge in [-0.2, -0.15) is 0 Å². The summed E-state index contributed by atoms with van der Waals surface area (Å²) in [4.78, 5) is 28.6. The van der Waals surface area contributed by atoms with Gasteiger partial charge in [-0.3, -0.25) is 9.59 Å². The van der Waals surface area contributed by atoms with Gasteiger partial charge >= 0.3 is 0 Å². The highest BCUT2D eigenvalue weighted by atomic mass is 19.1. The van der Waals surface area contributed by atoms with Gasteiger partial charge < -0.3 is 10.2 Å². The van der Waals surface area contributed by atoms with Crippen LogP contribution in [-0.4, -0.2) is 28.8 Å². The molecule has 0 bridgehead atoms. The number of halogens is 1. The first-order valence-electron chi connectivity index (χ1n) is 11.8. The molecule has 2 amide bonds. The monoisotopic (exact) mass is 460 g/mol. The minimum Gasteiger partial charge on any atom is -0.352 e. The number of nitrogens with zero attached hydrogens (tertiary/aromatic N) is 1. The number of amides is 2. The quantitative estimate of drug-likeness (QED) is 0.450. The Kier molecular flexibility index (Phi) is 8.97. The van der Waals surface area contributed by atoms with Gasteiger partial charge in [0.15, 0.2) is 0 Å². The van der Waals surface area contributed by atoms with Crippen molar-refractivity contribution in [2.24, 2.45) is 0 Å². The van der Waals surface area contributed by atoms with E-state index in [1.165, 1.54) is 11.0 Å². The molecule has 2 atom stereocenters. The zero-order chi connectivity index (χ0) is 24.5. The molecule has 1 N–H and O–H groups in total. The summed E-state index contributed by atoms with van der Waals surface area (Å²) in [5.41, 5.74) is 3.28. The van der Waals surface area contributed by atoms with E-state index in [9.17, 15) is 14.0 Å². The predicted molar refractivity (Wildman–Crippen MR) is 134 cm³/mol. The fourth-order valence-electron chi connectivity index (χ4n) is 3.79. The highest BCUT2D eigenvalue weighted by Gasteiger charge is 2.31. The van der Waals surface area contributed by atoms with Gasteiger partial charge in [0.1, 0.15) is 11.9 Å². The summed E-state index contributed by atoms with van der Waals surface area (Å²) < 4.78 is 14.6. The molecule has 0 radical (unpaired) electrons. The summed E-state index contributed by atoms with van der Waals surface area (Å²) in [7, 11) is 0. The van der Waals surface area contributed by atoms with E-state index in [1.807, 2.05) is 75.4 Å². The van der Waals surface area contributed by atoms with Gasteiger partial charge in [0, 0.05) is 24.6 Å². The third-order valence-electron chi connectivity index (χ3n) is 6.05. The van der Waals surface area contributed by atoms with E-state index in [0.29, 0.717) is 12.0 Å². The molecule has 3 aromatic rings. The zero-order valence-electron chi connectivity index (χ0n) is 20.1. The molecule has 0 saturated heterocycles. The molecule has 0 aliphatic carbocycles. The summed E-state index contributed by atoms with van der Waals surface area (Å²) in [5.74, 6) is -0.837. The molecular weight excluding hydrogens is 427 g/mol. The zero-order valence-corrected chi connectivity index (χ0v) is 20.1. The van der Waals surface area contributed by atoms with Crippen LogP contribution in [-0.2, 0) is 29.0 Å². The molecule has 34 heavy (non-hydrogen) atoms. The van der Waals surface area contributed by atoms with Crippen LogP contribution < -0.4 is 5.32 Å². The molecule has 0 aliphatic rings. The molecule has 0 saturated carbocycles. The summed E-state index contributed by atoms with van der Waals surface area (Å²) in [6.07, 6.45) is 1.25. The number of hydrogen-bond donors (Lipinski definition) is 1. The molecule has 178 valence electrons. The minimum absolute atomic E-state index is 0.0167. The van der Waals surface area contributed by atoms with Crippen molar-refractivity contribution in [1.29, 1.82) is 0 Å². The average molecular weight is 461 g/mol. The molecule has 0 heterocycles. The molecule has 0 fully saturated rings. The first-order chi connectivity index (χ1) is 16.4. The lowest BCUT2D eigenvalue weighted by Gasteiger charge is -2.32. The highest BCUT2D eigenvalue weighted by Crippen LogP contribution is 2.18. The first kappa shape index (κ1) is 25.2.